The van der Waals surface area contributed by atoms with Crippen molar-refractivity contribution in [3.63, 3.8) is 0 Å². The normalized spacial score (nSPS) is 16.7. The summed E-state index contributed by atoms with van der Waals surface area (Å²) >= 11 is 6.16. The number of aliphatic hydroxyl groups excluding tert-OH is 1. The first-order chi connectivity index (χ1) is 15.7. The lowest BCUT2D eigenvalue weighted by molar-refractivity contribution is 0.226. The maximum Gasteiger partial charge on any atom is 0.187 e. The maximum absolute atomic E-state index is 9.20. The quantitative estimate of drug-likeness (QED) is 0.485. The molecule has 0 spiro atoms. The summed E-state index contributed by atoms with van der Waals surface area (Å²) in [7, 11) is 0. The second kappa shape index (κ2) is 10.7. The van der Waals surface area contributed by atoms with Crippen molar-refractivity contribution in [2.75, 3.05) is 37.7 Å². The third-order valence-corrected chi connectivity index (χ3v) is 6.42. The predicted octanol–water partition coefficient (Wildman–Crippen LogP) is 5.53. The van der Waals surface area contributed by atoms with Crippen LogP contribution in [0.4, 0.5) is 11.4 Å². The Labute approximate surface area is 195 Å². The summed E-state index contributed by atoms with van der Waals surface area (Å²) in [6.07, 6.45) is 1.66. The summed E-state index contributed by atoms with van der Waals surface area (Å²) < 4.78 is 0. The summed E-state index contributed by atoms with van der Waals surface area (Å²) in [6.45, 7) is 11.2. The van der Waals surface area contributed by atoms with Crippen LogP contribution in [0.2, 0.25) is 5.02 Å². The van der Waals surface area contributed by atoms with Gasteiger partial charge in [0.25, 0.3) is 0 Å². The first-order valence-corrected chi connectivity index (χ1v) is 11.4. The van der Waals surface area contributed by atoms with Crippen molar-refractivity contribution in [1.29, 1.82) is 0 Å². The zero-order chi connectivity index (χ0) is 22.3. The van der Waals surface area contributed by atoms with Crippen LogP contribution in [0.1, 0.15) is 22.7 Å². The Morgan fingerprint density at radius 2 is 1.53 bits per heavy atom. The van der Waals surface area contributed by atoms with Gasteiger partial charge < -0.3 is 10.0 Å². The summed E-state index contributed by atoms with van der Waals surface area (Å²) in [5, 5.41) is 9.95. The molecular weight excluding hydrogens is 418 g/mol. The zero-order valence-corrected chi connectivity index (χ0v) is 18.9. The molecule has 1 aliphatic heterocycles. The minimum Gasteiger partial charge on any atom is -0.396 e. The Morgan fingerprint density at radius 3 is 2.19 bits per heavy atom. The standard InChI is InChI=1S/C27H28ClN3O/c1-29-25-10-2-21(3-11-25)14-16-30-17-18-31(26-12-4-22(5-13-26)15-19-32)27(20-30)23-6-8-24(28)9-7-23/h2-13,27,32H,14-20H2. The molecule has 0 aromatic heterocycles. The predicted molar refractivity (Wildman–Crippen MR) is 132 cm³/mol. The molecule has 3 aromatic carbocycles. The van der Waals surface area contributed by atoms with E-state index < -0.39 is 0 Å². The molecule has 5 heteroatoms. The van der Waals surface area contributed by atoms with Crippen molar-refractivity contribution in [3.05, 3.63) is 106 Å². The largest absolute Gasteiger partial charge is 0.396 e. The summed E-state index contributed by atoms with van der Waals surface area (Å²) in [5.41, 5.74) is 5.58. The van der Waals surface area contributed by atoms with Gasteiger partial charge in [0.05, 0.1) is 12.6 Å². The van der Waals surface area contributed by atoms with Crippen molar-refractivity contribution < 1.29 is 5.11 Å². The number of piperazine rings is 1. The Kier molecular flexibility index (Phi) is 7.44. The van der Waals surface area contributed by atoms with E-state index in [1.54, 1.807) is 0 Å². The molecule has 32 heavy (non-hydrogen) atoms. The van der Waals surface area contributed by atoms with Gasteiger partial charge in [0.15, 0.2) is 5.69 Å². The minimum absolute atomic E-state index is 0.173. The molecule has 1 unspecified atom stereocenters. The Morgan fingerprint density at radius 1 is 0.875 bits per heavy atom. The fraction of sp³-hybridized carbons (Fsp3) is 0.296. The second-order valence-corrected chi connectivity index (χ2v) is 8.67. The molecule has 0 aliphatic carbocycles. The third kappa shape index (κ3) is 5.49. The number of nitrogens with zero attached hydrogens (tertiary/aromatic N) is 3. The molecule has 1 atom stereocenters. The molecule has 3 aromatic rings. The average molecular weight is 446 g/mol. The Bertz CT molecular complexity index is 1040. The lowest BCUT2D eigenvalue weighted by Crippen LogP contribution is -2.49. The highest BCUT2D eigenvalue weighted by Crippen LogP contribution is 2.32. The van der Waals surface area contributed by atoms with E-state index in [1.807, 2.05) is 24.3 Å². The molecule has 1 saturated heterocycles. The van der Waals surface area contributed by atoms with E-state index in [2.05, 4.69) is 63.2 Å². The lowest BCUT2D eigenvalue weighted by Gasteiger charge is -2.43. The van der Waals surface area contributed by atoms with Crippen LogP contribution in [0.15, 0.2) is 72.8 Å². The van der Waals surface area contributed by atoms with E-state index in [9.17, 15) is 5.11 Å². The van der Waals surface area contributed by atoms with Crippen LogP contribution in [-0.4, -0.2) is 42.8 Å². The van der Waals surface area contributed by atoms with E-state index >= 15 is 0 Å². The van der Waals surface area contributed by atoms with Crippen molar-refractivity contribution in [2.45, 2.75) is 18.9 Å². The molecular formula is C27H28ClN3O. The van der Waals surface area contributed by atoms with Crippen molar-refractivity contribution in [3.8, 4) is 0 Å². The molecule has 1 fully saturated rings. The SMILES string of the molecule is [C-]#[N+]c1ccc(CCN2CCN(c3ccc(CCO)cc3)C(c3ccc(Cl)cc3)C2)cc1. The van der Waals surface area contributed by atoms with Gasteiger partial charge >= 0.3 is 0 Å². The molecule has 0 radical (unpaired) electrons. The lowest BCUT2D eigenvalue weighted by atomic mass is 10.00. The molecule has 4 nitrogen and oxygen atoms in total. The van der Waals surface area contributed by atoms with Gasteiger partial charge in [0, 0.05) is 43.5 Å². The summed E-state index contributed by atoms with van der Waals surface area (Å²) in [4.78, 5) is 8.48. The van der Waals surface area contributed by atoms with Gasteiger partial charge in [-0.1, -0.05) is 60.1 Å². The van der Waals surface area contributed by atoms with E-state index in [0.29, 0.717) is 12.1 Å². The number of aliphatic hydroxyl groups is 1. The van der Waals surface area contributed by atoms with Crippen LogP contribution in [-0.2, 0) is 12.8 Å². The molecule has 1 heterocycles. The van der Waals surface area contributed by atoms with Gasteiger partial charge in [-0.3, -0.25) is 4.90 Å². The molecule has 0 bridgehead atoms. The first-order valence-electron chi connectivity index (χ1n) is 11.1. The summed E-state index contributed by atoms with van der Waals surface area (Å²) in [6, 6.07) is 24.9. The highest BCUT2D eigenvalue weighted by atomic mass is 35.5. The highest BCUT2D eigenvalue weighted by molar-refractivity contribution is 6.30. The minimum atomic E-state index is 0.173. The highest BCUT2D eigenvalue weighted by Gasteiger charge is 2.28. The molecule has 164 valence electrons. The second-order valence-electron chi connectivity index (χ2n) is 8.23. The zero-order valence-electron chi connectivity index (χ0n) is 18.1. The van der Waals surface area contributed by atoms with Gasteiger partial charge in [-0.2, -0.15) is 0 Å². The van der Waals surface area contributed by atoms with Crippen molar-refractivity contribution in [2.24, 2.45) is 0 Å². The van der Waals surface area contributed by atoms with Gasteiger partial charge in [-0.15, -0.1) is 0 Å². The van der Waals surface area contributed by atoms with Crippen LogP contribution in [0.25, 0.3) is 4.85 Å². The molecule has 0 saturated carbocycles. The molecule has 1 N–H and O–H groups in total. The third-order valence-electron chi connectivity index (χ3n) is 6.17. The molecule has 0 amide bonds. The number of rotatable bonds is 7. The smallest absolute Gasteiger partial charge is 0.187 e. The van der Waals surface area contributed by atoms with E-state index in [4.69, 9.17) is 18.2 Å². The van der Waals surface area contributed by atoms with Crippen LogP contribution < -0.4 is 4.90 Å². The van der Waals surface area contributed by atoms with Gasteiger partial charge in [-0.25, -0.2) is 4.85 Å². The number of anilines is 1. The number of halogens is 1. The fourth-order valence-corrected chi connectivity index (χ4v) is 4.46. The average Bonchev–Trinajstić information content (AvgIpc) is 2.84. The maximum atomic E-state index is 9.20. The van der Waals surface area contributed by atoms with E-state index in [1.165, 1.54) is 16.8 Å². The summed E-state index contributed by atoms with van der Waals surface area (Å²) in [5.74, 6) is 0. The Balaban J connectivity index is 1.49. The van der Waals surface area contributed by atoms with Crippen LogP contribution in [0.5, 0.6) is 0 Å². The van der Waals surface area contributed by atoms with E-state index in [-0.39, 0.29) is 12.6 Å². The molecule has 1 aliphatic rings. The monoisotopic (exact) mass is 445 g/mol. The number of hydrogen-bond donors (Lipinski definition) is 1. The van der Waals surface area contributed by atoms with Crippen LogP contribution >= 0.6 is 11.6 Å². The number of benzene rings is 3. The van der Waals surface area contributed by atoms with Crippen LogP contribution in [0.3, 0.4) is 0 Å². The number of hydrogen-bond acceptors (Lipinski definition) is 3. The molecule has 4 rings (SSSR count). The topological polar surface area (TPSA) is 31.1 Å². The van der Waals surface area contributed by atoms with E-state index in [0.717, 1.165) is 43.2 Å². The van der Waals surface area contributed by atoms with Crippen molar-refractivity contribution >= 4 is 23.0 Å². The van der Waals surface area contributed by atoms with Gasteiger partial charge in [0.1, 0.15) is 0 Å². The Hall–Kier alpha value is -2.84. The van der Waals surface area contributed by atoms with Crippen molar-refractivity contribution in [1.82, 2.24) is 4.90 Å². The fourth-order valence-electron chi connectivity index (χ4n) is 4.33. The van der Waals surface area contributed by atoms with Crippen LogP contribution in [0, 0.1) is 6.57 Å². The van der Waals surface area contributed by atoms with Gasteiger partial charge in [0.2, 0.25) is 0 Å². The first kappa shape index (κ1) is 22.4. The van der Waals surface area contributed by atoms with Gasteiger partial charge in [-0.05, 0) is 53.8 Å².